The largest absolute Gasteiger partial charge is 0.378 e. The molecule has 3 aromatic rings. The van der Waals surface area contributed by atoms with Crippen LogP contribution in [-0.4, -0.2) is 46.2 Å². The first-order chi connectivity index (χ1) is 15.5. The van der Waals surface area contributed by atoms with Gasteiger partial charge in [-0.3, -0.25) is 14.6 Å². The molecule has 1 unspecified atom stereocenters. The molecular weight excluding hydrogens is 448 g/mol. The molecule has 0 bridgehead atoms. The summed E-state index contributed by atoms with van der Waals surface area (Å²) in [5.74, 6) is -0.339. The number of pyridine rings is 1. The Bertz CT molecular complexity index is 1130. The topological polar surface area (TPSA) is 85.2 Å². The number of nitrogens with zero attached hydrogens (tertiary/aromatic N) is 2. The van der Waals surface area contributed by atoms with E-state index in [1.807, 2.05) is 30.5 Å². The number of hydrogen-bond donors (Lipinski definition) is 2. The predicted octanol–water partition coefficient (Wildman–Crippen LogP) is 3.75. The van der Waals surface area contributed by atoms with E-state index in [-0.39, 0.29) is 24.0 Å². The van der Waals surface area contributed by atoms with Gasteiger partial charge in [0, 0.05) is 36.3 Å². The Hall–Kier alpha value is -2.42. The highest BCUT2D eigenvalue weighted by molar-refractivity contribution is 7.14. The minimum absolute atomic E-state index is 0.0200. The lowest BCUT2D eigenvalue weighted by molar-refractivity contribution is -0.124. The van der Waals surface area contributed by atoms with Gasteiger partial charge in [-0.1, -0.05) is 11.6 Å². The molecule has 168 valence electrons. The van der Waals surface area contributed by atoms with Crippen molar-refractivity contribution in [3.05, 3.63) is 51.4 Å². The molecule has 3 aromatic heterocycles. The maximum absolute atomic E-state index is 13.0. The fourth-order valence-corrected chi connectivity index (χ4v) is 5.07. The minimum Gasteiger partial charge on any atom is -0.378 e. The van der Waals surface area contributed by atoms with Crippen LogP contribution in [0.2, 0.25) is 5.02 Å². The van der Waals surface area contributed by atoms with E-state index in [0.717, 1.165) is 48.2 Å². The van der Waals surface area contributed by atoms with E-state index >= 15 is 0 Å². The normalized spacial score (nSPS) is 19.2. The molecular formula is C23H25ClN4O3S. The highest BCUT2D eigenvalue weighted by Crippen LogP contribution is 2.24. The first-order valence-corrected chi connectivity index (χ1v) is 12.2. The zero-order valence-electron chi connectivity index (χ0n) is 17.6. The summed E-state index contributed by atoms with van der Waals surface area (Å²) in [6, 6.07) is 7.26. The van der Waals surface area contributed by atoms with E-state index in [1.54, 1.807) is 6.20 Å². The summed E-state index contributed by atoms with van der Waals surface area (Å²) in [4.78, 5) is 31.6. The summed E-state index contributed by atoms with van der Waals surface area (Å²) < 4.78 is 7.76. The molecule has 1 saturated heterocycles. The second-order valence-electron chi connectivity index (χ2n) is 8.45. The molecule has 4 heterocycles. The van der Waals surface area contributed by atoms with Crippen LogP contribution in [0, 0.1) is 0 Å². The second kappa shape index (κ2) is 9.21. The number of thiophene rings is 1. The van der Waals surface area contributed by atoms with Crippen molar-refractivity contribution >= 4 is 45.8 Å². The molecule has 0 radical (unpaired) electrons. The molecule has 1 saturated carbocycles. The average molecular weight is 473 g/mol. The van der Waals surface area contributed by atoms with Crippen LogP contribution >= 0.6 is 22.9 Å². The van der Waals surface area contributed by atoms with Crippen LogP contribution in [-0.2, 0) is 16.1 Å². The lowest BCUT2D eigenvalue weighted by Gasteiger charge is -2.21. The summed E-state index contributed by atoms with van der Waals surface area (Å²) in [6.07, 6.45) is 8.07. The lowest BCUT2D eigenvalue weighted by atomic mass is 10.1. The molecule has 5 rings (SSSR count). The van der Waals surface area contributed by atoms with Gasteiger partial charge in [-0.2, -0.15) is 0 Å². The summed E-state index contributed by atoms with van der Waals surface area (Å²) in [5, 5.41) is 6.55. The molecule has 2 atom stereocenters. The minimum atomic E-state index is -0.585. The number of carbonyl (C=O) groups excluding carboxylic acids is 2. The van der Waals surface area contributed by atoms with Crippen LogP contribution in [0.5, 0.6) is 0 Å². The summed E-state index contributed by atoms with van der Waals surface area (Å²) in [7, 11) is 0. The number of rotatable bonds is 8. The van der Waals surface area contributed by atoms with Gasteiger partial charge in [-0.15, -0.1) is 11.3 Å². The van der Waals surface area contributed by atoms with Crippen LogP contribution in [0.3, 0.4) is 0 Å². The number of ether oxygens (including phenoxy) is 1. The molecule has 2 aliphatic rings. The lowest BCUT2D eigenvalue weighted by Crippen LogP contribution is -2.48. The van der Waals surface area contributed by atoms with Crippen LogP contribution in [0.1, 0.15) is 46.7 Å². The van der Waals surface area contributed by atoms with Gasteiger partial charge < -0.3 is 19.9 Å². The molecule has 32 heavy (non-hydrogen) atoms. The maximum Gasteiger partial charge on any atom is 0.262 e. The predicted molar refractivity (Wildman–Crippen MR) is 124 cm³/mol. The monoisotopic (exact) mass is 472 g/mol. The third kappa shape index (κ3) is 4.98. The smallest absolute Gasteiger partial charge is 0.262 e. The van der Waals surface area contributed by atoms with Gasteiger partial charge in [-0.25, -0.2) is 0 Å². The van der Waals surface area contributed by atoms with E-state index in [2.05, 4.69) is 20.2 Å². The van der Waals surface area contributed by atoms with Crippen LogP contribution in [0.25, 0.3) is 11.0 Å². The van der Waals surface area contributed by atoms with Crippen molar-refractivity contribution in [1.82, 2.24) is 20.2 Å². The molecule has 9 heteroatoms. The Balaban J connectivity index is 1.26. The number of halogens is 1. The van der Waals surface area contributed by atoms with Crippen LogP contribution in [0.4, 0.5) is 0 Å². The van der Waals surface area contributed by atoms with Gasteiger partial charge in [0.2, 0.25) is 5.91 Å². The molecule has 7 nitrogen and oxygen atoms in total. The molecule has 2 fully saturated rings. The fourth-order valence-electron chi connectivity index (χ4n) is 4.01. The summed E-state index contributed by atoms with van der Waals surface area (Å²) >= 11 is 7.52. The SMILES string of the molecule is O=C(N[C@@H](CC1CCCO1)C(=O)NC1CC1)c1ccc(Cn2ccc3ncc(Cl)cc32)s1. The zero-order valence-corrected chi connectivity index (χ0v) is 19.1. The summed E-state index contributed by atoms with van der Waals surface area (Å²) in [5.41, 5.74) is 1.83. The Morgan fingerprint density at radius 3 is 2.94 bits per heavy atom. The van der Waals surface area contributed by atoms with Crippen molar-refractivity contribution in [3.8, 4) is 0 Å². The average Bonchev–Trinajstić information content (AvgIpc) is 3.16. The highest BCUT2D eigenvalue weighted by Gasteiger charge is 2.31. The van der Waals surface area contributed by atoms with E-state index in [4.69, 9.17) is 16.3 Å². The number of nitrogens with one attached hydrogen (secondary N) is 2. The van der Waals surface area contributed by atoms with Gasteiger partial charge in [0.1, 0.15) is 6.04 Å². The second-order valence-corrected chi connectivity index (χ2v) is 10.1. The van der Waals surface area contributed by atoms with Gasteiger partial charge in [-0.05, 0) is 49.9 Å². The van der Waals surface area contributed by atoms with Crippen LogP contribution in [0.15, 0.2) is 36.7 Å². The van der Waals surface area contributed by atoms with Gasteiger partial charge in [0.25, 0.3) is 5.91 Å². The van der Waals surface area contributed by atoms with Crippen molar-refractivity contribution in [3.63, 3.8) is 0 Å². The molecule has 1 aliphatic heterocycles. The van der Waals surface area contributed by atoms with Gasteiger partial charge >= 0.3 is 0 Å². The van der Waals surface area contributed by atoms with E-state index in [9.17, 15) is 9.59 Å². The third-order valence-corrected chi connectivity index (χ3v) is 7.14. The van der Waals surface area contributed by atoms with Crippen molar-refractivity contribution in [2.24, 2.45) is 0 Å². The van der Waals surface area contributed by atoms with E-state index in [0.29, 0.717) is 22.9 Å². The number of hydrogen-bond acceptors (Lipinski definition) is 5. The number of carbonyl (C=O) groups is 2. The maximum atomic E-state index is 13.0. The Morgan fingerprint density at radius 2 is 2.16 bits per heavy atom. The van der Waals surface area contributed by atoms with Crippen LogP contribution < -0.4 is 10.6 Å². The fraction of sp³-hybridized carbons (Fsp3) is 0.435. The zero-order chi connectivity index (χ0) is 22.1. The molecule has 2 N–H and O–H groups in total. The van der Waals surface area contributed by atoms with Crippen molar-refractivity contribution in [2.45, 2.75) is 56.8 Å². The third-order valence-electron chi connectivity index (χ3n) is 5.87. The van der Waals surface area contributed by atoms with E-state index < -0.39 is 6.04 Å². The molecule has 0 aromatic carbocycles. The van der Waals surface area contributed by atoms with E-state index in [1.165, 1.54) is 11.3 Å². The standard InChI is InChI=1S/C23H25ClN4O3S/c24-14-10-20-18(25-12-14)7-8-28(20)13-17-5-6-21(32-17)23(30)27-19(11-16-2-1-9-31-16)22(29)26-15-3-4-15/h5-8,10,12,15-16,19H,1-4,9,11,13H2,(H,26,29)(H,27,30)/t16?,19-/m0/s1. The quantitative estimate of drug-likeness (QED) is 0.523. The van der Waals surface area contributed by atoms with Crippen molar-refractivity contribution < 1.29 is 14.3 Å². The summed E-state index contributed by atoms with van der Waals surface area (Å²) in [6.45, 7) is 1.34. The van der Waals surface area contributed by atoms with Crippen molar-refractivity contribution in [2.75, 3.05) is 6.61 Å². The Labute approximate surface area is 195 Å². The van der Waals surface area contributed by atoms with Gasteiger partial charge in [0.05, 0.1) is 33.6 Å². The Morgan fingerprint density at radius 1 is 1.28 bits per heavy atom. The highest BCUT2D eigenvalue weighted by atomic mass is 35.5. The molecule has 2 amide bonds. The number of amides is 2. The molecule has 1 aliphatic carbocycles. The molecule has 0 spiro atoms. The number of fused-ring (bicyclic) bond motifs is 1. The van der Waals surface area contributed by atoms with Crippen molar-refractivity contribution in [1.29, 1.82) is 0 Å². The first kappa shape index (κ1) is 21.4. The van der Waals surface area contributed by atoms with Gasteiger partial charge in [0.15, 0.2) is 0 Å². The first-order valence-electron chi connectivity index (χ1n) is 11.0. The Kier molecular flexibility index (Phi) is 6.17. The number of aromatic nitrogens is 2.